The van der Waals surface area contributed by atoms with Crippen molar-refractivity contribution in [3.63, 3.8) is 0 Å². The Labute approximate surface area is 179 Å². The van der Waals surface area contributed by atoms with Crippen molar-refractivity contribution >= 4 is 11.8 Å². The normalized spacial score (nSPS) is 11.9. The van der Waals surface area contributed by atoms with Crippen molar-refractivity contribution in [2.75, 3.05) is 6.61 Å². The highest BCUT2D eigenvalue weighted by Gasteiger charge is 2.33. The molecule has 0 aliphatic heterocycles. The van der Waals surface area contributed by atoms with Gasteiger partial charge >= 0.3 is 0 Å². The van der Waals surface area contributed by atoms with Gasteiger partial charge in [-0.2, -0.15) is 0 Å². The maximum absolute atomic E-state index is 12.2. The van der Waals surface area contributed by atoms with E-state index in [1.165, 1.54) is 0 Å². The quantitative estimate of drug-likeness (QED) is 0.630. The van der Waals surface area contributed by atoms with Crippen LogP contribution in [0.25, 0.3) is 11.1 Å². The lowest BCUT2D eigenvalue weighted by molar-refractivity contribution is -0.119. The highest BCUT2D eigenvalue weighted by Crippen LogP contribution is 2.47. The van der Waals surface area contributed by atoms with Crippen molar-refractivity contribution in [2.45, 2.75) is 65.2 Å². The van der Waals surface area contributed by atoms with Gasteiger partial charge in [-0.1, -0.05) is 65.8 Å². The second-order valence-electron chi connectivity index (χ2n) is 8.97. The molecule has 0 saturated heterocycles. The van der Waals surface area contributed by atoms with Gasteiger partial charge in [0, 0.05) is 11.1 Å². The average Bonchev–Trinajstić information content (AvgIpc) is 2.71. The van der Waals surface area contributed by atoms with Gasteiger partial charge in [0.15, 0.2) is 6.61 Å². The van der Waals surface area contributed by atoms with Gasteiger partial charge in [0.25, 0.3) is 11.8 Å². The van der Waals surface area contributed by atoms with E-state index in [0.717, 1.165) is 35.1 Å². The van der Waals surface area contributed by atoms with Gasteiger partial charge in [-0.25, -0.2) is 0 Å². The Balaban J connectivity index is 3.02. The number of rotatable bonds is 9. The summed E-state index contributed by atoms with van der Waals surface area (Å²) in [6, 6.07) is 11.1. The number of amides is 2. The zero-order valence-electron chi connectivity index (χ0n) is 18.9. The molecule has 1 radical (unpaired) electrons. The molecule has 2 aromatic rings. The van der Waals surface area contributed by atoms with Gasteiger partial charge in [0.1, 0.15) is 5.75 Å². The third-order valence-corrected chi connectivity index (χ3v) is 6.15. The van der Waals surface area contributed by atoms with Gasteiger partial charge in [0.2, 0.25) is 0 Å². The predicted octanol–water partition coefficient (Wildman–Crippen LogP) is 5.02. The van der Waals surface area contributed by atoms with Crippen molar-refractivity contribution < 1.29 is 14.3 Å². The van der Waals surface area contributed by atoms with Crippen molar-refractivity contribution in [1.82, 2.24) is 5.73 Å². The van der Waals surface area contributed by atoms with Crippen LogP contribution in [0.15, 0.2) is 36.4 Å². The Morgan fingerprint density at radius 3 is 2.10 bits per heavy atom. The molecule has 3 N–H and O–H groups in total. The van der Waals surface area contributed by atoms with E-state index >= 15 is 0 Å². The number of hydrogen-bond donors (Lipinski definition) is 1. The number of ether oxygens (including phenoxy) is 1. The second-order valence-corrected chi connectivity index (χ2v) is 8.97. The topological polar surface area (TPSA) is 93.2 Å². The third-order valence-electron chi connectivity index (χ3n) is 6.15. The number of nitrogens with two attached hydrogens (primary N) is 1. The van der Waals surface area contributed by atoms with Crippen LogP contribution < -0.4 is 16.2 Å². The summed E-state index contributed by atoms with van der Waals surface area (Å²) in [5.41, 5.74) is 16.7. The first-order valence-corrected chi connectivity index (χ1v) is 10.4. The highest BCUT2D eigenvalue weighted by molar-refractivity contribution is 6.00. The molecule has 0 bridgehead atoms. The maximum Gasteiger partial charge on any atom is 0.270 e. The summed E-state index contributed by atoms with van der Waals surface area (Å²) in [6.45, 7) is 12.6. The van der Waals surface area contributed by atoms with Crippen LogP contribution in [0.4, 0.5) is 0 Å². The van der Waals surface area contributed by atoms with Crippen LogP contribution in [0, 0.1) is 0 Å². The second kappa shape index (κ2) is 8.90. The summed E-state index contributed by atoms with van der Waals surface area (Å²) < 4.78 is 5.84. The molecule has 0 aliphatic rings. The Bertz CT molecular complexity index is 945. The van der Waals surface area contributed by atoms with Gasteiger partial charge < -0.3 is 10.5 Å². The fourth-order valence-electron chi connectivity index (χ4n) is 3.63. The SMILES string of the molecule is CCC(C)(C)c1ccc(OCC(N)=O)c(C(C)(C)CC)c1-c1ccccc1C([NH])=O. The number of primary amides is 1. The average molecular weight is 410 g/mol. The van der Waals surface area contributed by atoms with Crippen LogP contribution in [0.2, 0.25) is 0 Å². The third kappa shape index (κ3) is 4.66. The van der Waals surface area contributed by atoms with Crippen LogP contribution >= 0.6 is 0 Å². The summed E-state index contributed by atoms with van der Waals surface area (Å²) in [5, 5.41) is 0. The molecular formula is C25H33N2O3. The molecule has 2 amide bonds. The monoisotopic (exact) mass is 409 g/mol. The molecule has 0 spiro atoms. The molecule has 0 aromatic heterocycles. The highest BCUT2D eigenvalue weighted by atomic mass is 16.5. The fourth-order valence-corrected chi connectivity index (χ4v) is 3.63. The molecule has 2 rings (SSSR count). The summed E-state index contributed by atoms with van der Waals surface area (Å²) >= 11 is 0. The van der Waals surface area contributed by atoms with E-state index < -0.39 is 11.8 Å². The van der Waals surface area contributed by atoms with Crippen LogP contribution in [0.3, 0.4) is 0 Å². The van der Waals surface area contributed by atoms with Gasteiger partial charge in [-0.3, -0.25) is 15.3 Å². The Hall–Kier alpha value is -2.82. The van der Waals surface area contributed by atoms with Crippen molar-refractivity contribution in [2.24, 2.45) is 5.73 Å². The van der Waals surface area contributed by atoms with E-state index in [0.29, 0.717) is 11.3 Å². The molecule has 0 saturated carbocycles. The summed E-state index contributed by atoms with van der Waals surface area (Å²) in [5.74, 6) is -0.690. The summed E-state index contributed by atoms with van der Waals surface area (Å²) in [7, 11) is 0. The first-order chi connectivity index (χ1) is 14.0. The molecule has 0 fully saturated rings. The first-order valence-electron chi connectivity index (χ1n) is 10.4. The summed E-state index contributed by atoms with van der Waals surface area (Å²) in [6.07, 6.45) is 1.71. The zero-order valence-corrected chi connectivity index (χ0v) is 18.9. The van der Waals surface area contributed by atoms with E-state index in [4.69, 9.17) is 16.2 Å². The van der Waals surface area contributed by atoms with Gasteiger partial charge in [0.05, 0.1) is 0 Å². The molecule has 0 heterocycles. The lowest BCUT2D eigenvalue weighted by Gasteiger charge is -2.35. The molecule has 30 heavy (non-hydrogen) atoms. The number of carbonyl (C=O) groups excluding carboxylic acids is 2. The first kappa shape index (κ1) is 23.5. The van der Waals surface area contributed by atoms with E-state index in [1.54, 1.807) is 12.1 Å². The van der Waals surface area contributed by atoms with Crippen molar-refractivity contribution in [3.05, 3.63) is 53.1 Å². The minimum absolute atomic E-state index is 0.172. The van der Waals surface area contributed by atoms with Gasteiger partial charge in [-0.05, 0) is 52.5 Å². The molecule has 0 unspecified atom stereocenters. The standard InChI is InChI=1S/C25H33N2O3/c1-7-24(3,4)18-13-14-19(30-15-20(26)28)22(25(5,6)8-2)21(18)16-11-9-10-12-17(16)23(27)29/h9-14,27H,7-8,15H2,1-6H3,(H2,26,28). The van der Waals surface area contributed by atoms with Crippen LogP contribution in [-0.4, -0.2) is 18.4 Å². The lowest BCUT2D eigenvalue weighted by atomic mass is 9.70. The number of carbonyl (C=O) groups is 2. The van der Waals surface area contributed by atoms with Crippen molar-refractivity contribution in [1.29, 1.82) is 0 Å². The van der Waals surface area contributed by atoms with Crippen molar-refractivity contribution in [3.8, 4) is 16.9 Å². The largest absolute Gasteiger partial charge is 0.483 e. The molecule has 0 atom stereocenters. The van der Waals surface area contributed by atoms with E-state index in [1.807, 2.05) is 24.3 Å². The molecular weight excluding hydrogens is 376 g/mol. The molecule has 5 nitrogen and oxygen atoms in total. The van der Waals surface area contributed by atoms with Gasteiger partial charge in [-0.15, -0.1) is 0 Å². The predicted molar refractivity (Wildman–Crippen MR) is 121 cm³/mol. The molecule has 5 heteroatoms. The minimum Gasteiger partial charge on any atom is -0.483 e. The Morgan fingerprint density at radius 1 is 0.967 bits per heavy atom. The van der Waals surface area contributed by atoms with E-state index in [2.05, 4.69) is 41.5 Å². The van der Waals surface area contributed by atoms with Crippen LogP contribution in [-0.2, 0) is 15.6 Å². The zero-order chi connectivity index (χ0) is 22.7. The molecule has 0 aliphatic carbocycles. The Morgan fingerprint density at radius 2 is 1.57 bits per heavy atom. The lowest BCUT2D eigenvalue weighted by Crippen LogP contribution is -2.26. The van der Waals surface area contributed by atoms with Crippen LogP contribution in [0.5, 0.6) is 5.75 Å². The number of benzene rings is 2. The Kier molecular flexibility index (Phi) is 6.96. The number of nitrogens with one attached hydrogen (secondary N) is 1. The summed E-state index contributed by atoms with van der Waals surface area (Å²) in [4.78, 5) is 23.6. The van der Waals surface area contributed by atoms with Crippen LogP contribution in [0.1, 0.15) is 75.9 Å². The smallest absolute Gasteiger partial charge is 0.270 e. The fraction of sp³-hybridized carbons (Fsp3) is 0.440. The van der Waals surface area contributed by atoms with E-state index in [-0.39, 0.29) is 17.4 Å². The number of hydrogen-bond acceptors (Lipinski definition) is 3. The molecule has 161 valence electrons. The maximum atomic E-state index is 12.2. The molecule has 2 aromatic carbocycles. The van der Waals surface area contributed by atoms with E-state index in [9.17, 15) is 9.59 Å². The minimum atomic E-state index is -0.727.